The molecule has 0 bridgehead atoms. The van der Waals surface area contributed by atoms with Gasteiger partial charge in [0.2, 0.25) is 0 Å². The van der Waals surface area contributed by atoms with Gasteiger partial charge in [-0.2, -0.15) is 0 Å². The van der Waals surface area contributed by atoms with E-state index in [-0.39, 0.29) is 0 Å². The lowest BCUT2D eigenvalue weighted by Gasteiger charge is -2.09. The highest BCUT2D eigenvalue weighted by Crippen LogP contribution is 2.28. The third-order valence-corrected chi connectivity index (χ3v) is 3.83. The fourth-order valence-electron chi connectivity index (χ4n) is 2.08. The number of benzene rings is 1. The molecular weight excluding hydrogens is 268 g/mol. The average molecular weight is 290 g/mol. The third-order valence-electron chi connectivity index (χ3n) is 3.24. The van der Waals surface area contributed by atoms with E-state index in [2.05, 4.69) is 11.9 Å². The van der Waals surface area contributed by atoms with Gasteiger partial charge in [0, 0.05) is 10.9 Å². The Kier molecular flexibility index (Phi) is 5.87. The van der Waals surface area contributed by atoms with Crippen molar-refractivity contribution >= 4 is 17.0 Å². The van der Waals surface area contributed by atoms with Crippen LogP contribution in [0.4, 0.5) is 5.69 Å². The highest BCUT2D eigenvalue weighted by atomic mass is 32.1. The second kappa shape index (κ2) is 7.90. The molecule has 2 rings (SSSR count). The molecule has 0 radical (unpaired) electrons. The molecule has 1 aromatic carbocycles. The number of ether oxygens (including phenoxy) is 1. The Morgan fingerprint density at radius 2 is 2.05 bits per heavy atom. The van der Waals surface area contributed by atoms with Crippen molar-refractivity contribution in [2.75, 3.05) is 12.3 Å². The van der Waals surface area contributed by atoms with Gasteiger partial charge in [0.1, 0.15) is 5.75 Å². The highest BCUT2D eigenvalue weighted by Gasteiger charge is 2.05. The number of anilines is 1. The number of unbranched alkanes of at least 4 members (excludes halogenated alkanes) is 4. The van der Waals surface area contributed by atoms with Crippen LogP contribution in [0.3, 0.4) is 0 Å². The summed E-state index contributed by atoms with van der Waals surface area (Å²) >= 11 is 1.58. The van der Waals surface area contributed by atoms with E-state index in [1.807, 2.05) is 29.1 Å². The minimum absolute atomic E-state index is 0.684. The summed E-state index contributed by atoms with van der Waals surface area (Å²) in [4.78, 5) is 4.28. The normalized spacial score (nSPS) is 10.7. The number of aromatic nitrogens is 1. The summed E-state index contributed by atoms with van der Waals surface area (Å²) in [6.45, 7) is 2.96. The molecule has 1 aromatic heterocycles. The maximum atomic E-state index is 6.04. The van der Waals surface area contributed by atoms with E-state index in [0.29, 0.717) is 5.69 Å². The fraction of sp³-hybridized carbons (Fsp3) is 0.438. The van der Waals surface area contributed by atoms with E-state index >= 15 is 0 Å². The lowest BCUT2D eigenvalue weighted by molar-refractivity contribution is 0.306. The van der Waals surface area contributed by atoms with Gasteiger partial charge in [0.05, 0.1) is 23.5 Å². The molecule has 0 saturated carbocycles. The lowest BCUT2D eigenvalue weighted by atomic mass is 10.1. The van der Waals surface area contributed by atoms with Gasteiger partial charge in [0.25, 0.3) is 0 Å². The third kappa shape index (κ3) is 4.23. The molecular formula is C16H22N2OS. The van der Waals surface area contributed by atoms with Crippen LogP contribution >= 0.6 is 11.3 Å². The van der Waals surface area contributed by atoms with Gasteiger partial charge in [-0.25, -0.2) is 4.98 Å². The number of nitrogens with zero attached hydrogens (tertiary/aromatic N) is 1. The molecule has 4 heteroatoms. The molecule has 108 valence electrons. The Hall–Kier alpha value is -1.55. The molecule has 0 fully saturated rings. The Bertz CT molecular complexity index is 511. The smallest absolute Gasteiger partial charge is 0.142 e. The maximum absolute atomic E-state index is 6.04. The Morgan fingerprint density at radius 1 is 1.20 bits per heavy atom. The maximum Gasteiger partial charge on any atom is 0.142 e. The van der Waals surface area contributed by atoms with Crippen LogP contribution in [0.1, 0.15) is 39.0 Å². The molecule has 0 saturated heterocycles. The van der Waals surface area contributed by atoms with E-state index < -0.39 is 0 Å². The fourth-order valence-corrected chi connectivity index (χ4v) is 2.64. The van der Waals surface area contributed by atoms with Gasteiger partial charge in [-0.3, -0.25) is 0 Å². The van der Waals surface area contributed by atoms with Crippen LogP contribution in [0, 0.1) is 0 Å². The van der Waals surface area contributed by atoms with Crippen molar-refractivity contribution in [2.45, 2.75) is 39.0 Å². The molecule has 0 aliphatic carbocycles. The van der Waals surface area contributed by atoms with Crippen molar-refractivity contribution in [3.05, 3.63) is 29.1 Å². The molecule has 0 aliphatic heterocycles. The van der Waals surface area contributed by atoms with Gasteiger partial charge < -0.3 is 10.5 Å². The minimum Gasteiger partial charge on any atom is -0.491 e. The van der Waals surface area contributed by atoms with Crippen molar-refractivity contribution < 1.29 is 4.74 Å². The number of thiazole rings is 1. The zero-order valence-corrected chi connectivity index (χ0v) is 12.8. The molecule has 0 amide bonds. The number of hydrogen-bond acceptors (Lipinski definition) is 4. The minimum atomic E-state index is 0.684. The number of hydrogen-bond donors (Lipinski definition) is 1. The van der Waals surface area contributed by atoms with Crippen molar-refractivity contribution in [3.63, 3.8) is 0 Å². The van der Waals surface area contributed by atoms with Crippen molar-refractivity contribution in [3.8, 4) is 17.0 Å². The quantitative estimate of drug-likeness (QED) is 0.564. The molecule has 0 unspecified atom stereocenters. The Balaban J connectivity index is 1.84. The second-order valence-electron chi connectivity index (χ2n) is 4.89. The monoisotopic (exact) mass is 290 g/mol. The first-order valence-electron chi connectivity index (χ1n) is 7.22. The predicted molar refractivity (Wildman–Crippen MR) is 86.2 cm³/mol. The van der Waals surface area contributed by atoms with Crippen molar-refractivity contribution in [2.24, 2.45) is 0 Å². The van der Waals surface area contributed by atoms with E-state index in [0.717, 1.165) is 30.0 Å². The van der Waals surface area contributed by atoms with Gasteiger partial charge in [0.15, 0.2) is 0 Å². The predicted octanol–water partition coefficient (Wildman–Crippen LogP) is 4.74. The van der Waals surface area contributed by atoms with Crippen LogP contribution in [-0.4, -0.2) is 11.6 Å². The molecule has 2 N–H and O–H groups in total. The summed E-state index contributed by atoms with van der Waals surface area (Å²) in [6, 6.07) is 5.88. The molecule has 0 spiro atoms. The SMILES string of the molecule is CCCCCCCOc1ccc(-c2cscn2)cc1N. The number of rotatable bonds is 8. The molecule has 3 nitrogen and oxygen atoms in total. The summed E-state index contributed by atoms with van der Waals surface area (Å²) < 4.78 is 5.75. The van der Waals surface area contributed by atoms with Gasteiger partial charge >= 0.3 is 0 Å². The summed E-state index contributed by atoms with van der Waals surface area (Å²) in [6.07, 6.45) is 6.19. The van der Waals surface area contributed by atoms with E-state index in [1.165, 1.54) is 25.7 Å². The second-order valence-corrected chi connectivity index (χ2v) is 5.61. The van der Waals surface area contributed by atoms with Gasteiger partial charge in [-0.05, 0) is 24.6 Å². The van der Waals surface area contributed by atoms with Crippen LogP contribution in [0.15, 0.2) is 29.1 Å². The molecule has 0 aliphatic rings. The molecule has 20 heavy (non-hydrogen) atoms. The molecule has 1 heterocycles. The first kappa shape index (κ1) is 14.9. The Morgan fingerprint density at radius 3 is 2.75 bits per heavy atom. The topological polar surface area (TPSA) is 48.1 Å². The first-order chi connectivity index (χ1) is 9.81. The number of nitrogen functional groups attached to an aromatic ring is 1. The van der Waals surface area contributed by atoms with E-state index in [1.54, 1.807) is 11.3 Å². The van der Waals surface area contributed by atoms with Gasteiger partial charge in [-0.1, -0.05) is 32.6 Å². The van der Waals surface area contributed by atoms with Crippen molar-refractivity contribution in [1.82, 2.24) is 4.98 Å². The first-order valence-corrected chi connectivity index (χ1v) is 8.16. The van der Waals surface area contributed by atoms with Crippen molar-refractivity contribution in [1.29, 1.82) is 0 Å². The Labute approximate surface area is 124 Å². The van der Waals surface area contributed by atoms with Gasteiger partial charge in [-0.15, -0.1) is 11.3 Å². The van der Waals surface area contributed by atoms with E-state index in [4.69, 9.17) is 10.5 Å². The lowest BCUT2D eigenvalue weighted by Crippen LogP contribution is -2.00. The molecule has 0 atom stereocenters. The van der Waals surface area contributed by atoms with Crippen LogP contribution in [0.5, 0.6) is 5.75 Å². The van der Waals surface area contributed by atoms with Crippen LogP contribution in [-0.2, 0) is 0 Å². The average Bonchev–Trinajstić information content (AvgIpc) is 2.98. The van der Waals surface area contributed by atoms with Crippen LogP contribution < -0.4 is 10.5 Å². The zero-order chi connectivity index (χ0) is 14.2. The highest BCUT2D eigenvalue weighted by molar-refractivity contribution is 7.07. The largest absolute Gasteiger partial charge is 0.491 e. The summed E-state index contributed by atoms with van der Waals surface area (Å²) in [5.74, 6) is 0.777. The summed E-state index contributed by atoms with van der Waals surface area (Å²) in [5.41, 5.74) is 10.6. The summed E-state index contributed by atoms with van der Waals surface area (Å²) in [7, 11) is 0. The number of nitrogens with two attached hydrogens (primary N) is 1. The van der Waals surface area contributed by atoms with Crippen LogP contribution in [0.2, 0.25) is 0 Å². The zero-order valence-electron chi connectivity index (χ0n) is 12.0. The summed E-state index contributed by atoms with van der Waals surface area (Å²) in [5, 5.41) is 2.02. The molecule has 2 aromatic rings. The van der Waals surface area contributed by atoms with E-state index in [9.17, 15) is 0 Å². The standard InChI is InChI=1S/C16H22N2OS/c1-2-3-4-5-6-9-19-16-8-7-13(10-14(16)17)15-11-20-12-18-15/h7-8,10-12H,2-6,9,17H2,1H3. The van der Waals surface area contributed by atoms with Crippen LogP contribution in [0.25, 0.3) is 11.3 Å².